The number of alkyl halides is 3. The number of hydrogen-bond acceptors (Lipinski definition) is 3. The molecule has 0 aliphatic carbocycles. The van der Waals surface area contributed by atoms with Gasteiger partial charge in [-0.2, -0.15) is 13.2 Å². The second kappa shape index (κ2) is 7.71. The van der Waals surface area contributed by atoms with Crippen molar-refractivity contribution in [3.05, 3.63) is 28.8 Å². The van der Waals surface area contributed by atoms with Crippen LogP contribution in [-0.2, 0) is 11.2 Å². The summed E-state index contributed by atoms with van der Waals surface area (Å²) in [4.78, 5) is 0. The van der Waals surface area contributed by atoms with Gasteiger partial charge in [0.05, 0.1) is 5.02 Å². The van der Waals surface area contributed by atoms with E-state index in [0.29, 0.717) is 17.2 Å². The third kappa shape index (κ3) is 5.98. The van der Waals surface area contributed by atoms with E-state index in [2.05, 4.69) is 4.74 Å². The highest BCUT2D eigenvalue weighted by Gasteiger charge is 2.27. The van der Waals surface area contributed by atoms with Gasteiger partial charge < -0.3 is 15.2 Å². The van der Waals surface area contributed by atoms with Crippen LogP contribution in [0, 0.1) is 0 Å². The van der Waals surface area contributed by atoms with Gasteiger partial charge in [0.15, 0.2) is 6.79 Å². The van der Waals surface area contributed by atoms with Crippen LogP contribution in [0.3, 0.4) is 0 Å². The van der Waals surface area contributed by atoms with Crippen molar-refractivity contribution in [2.24, 2.45) is 5.73 Å². The van der Waals surface area contributed by atoms with Crippen molar-refractivity contribution in [1.29, 1.82) is 0 Å². The monoisotopic (exact) mass is 311 g/mol. The zero-order chi connectivity index (χ0) is 15.2. The van der Waals surface area contributed by atoms with Crippen LogP contribution in [0.15, 0.2) is 18.2 Å². The lowest BCUT2D eigenvalue weighted by Crippen LogP contribution is -2.22. The minimum atomic E-state index is -4.38. The Labute approximate surface area is 120 Å². The van der Waals surface area contributed by atoms with Crippen molar-refractivity contribution in [2.45, 2.75) is 32.0 Å². The smallest absolute Gasteiger partial charge is 0.411 e. The van der Waals surface area contributed by atoms with Gasteiger partial charge in [0.1, 0.15) is 12.4 Å². The summed E-state index contributed by atoms with van der Waals surface area (Å²) in [5.74, 6) is 0.320. The highest BCUT2D eigenvalue weighted by Crippen LogP contribution is 2.29. The fraction of sp³-hybridized carbons (Fsp3) is 0.538. The first kappa shape index (κ1) is 17.1. The van der Waals surface area contributed by atoms with Crippen LogP contribution in [0.5, 0.6) is 5.75 Å². The van der Waals surface area contributed by atoms with Gasteiger partial charge in [-0.15, -0.1) is 0 Å². The van der Waals surface area contributed by atoms with Crippen molar-refractivity contribution in [2.75, 3.05) is 13.4 Å². The fourth-order valence-corrected chi connectivity index (χ4v) is 1.81. The number of nitrogens with two attached hydrogens (primary N) is 1. The molecule has 0 spiro atoms. The topological polar surface area (TPSA) is 44.5 Å². The SMILES string of the molecule is CCC(N)Cc1cccc(Cl)c1OCOCC(F)(F)F. The van der Waals surface area contributed by atoms with E-state index in [-0.39, 0.29) is 6.04 Å². The number of halogens is 4. The van der Waals surface area contributed by atoms with Crippen LogP contribution in [-0.4, -0.2) is 25.6 Å². The van der Waals surface area contributed by atoms with Crippen LogP contribution >= 0.6 is 11.6 Å². The van der Waals surface area contributed by atoms with E-state index in [1.54, 1.807) is 18.2 Å². The summed E-state index contributed by atoms with van der Waals surface area (Å²) >= 11 is 5.98. The minimum absolute atomic E-state index is 0.0630. The summed E-state index contributed by atoms with van der Waals surface area (Å²) in [6.07, 6.45) is -3.07. The van der Waals surface area contributed by atoms with E-state index in [0.717, 1.165) is 12.0 Å². The Bertz CT molecular complexity index is 427. The molecule has 0 radical (unpaired) electrons. The van der Waals surface area contributed by atoms with Crippen LogP contribution in [0.2, 0.25) is 5.02 Å². The van der Waals surface area contributed by atoms with E-state index in [4.69, 9.17) is 22.1 Å². The molecule has 1 aromatic carbocycles. The van der Waals surface area contributed by atoms with Gasteiger partial charge in [0.2, 0.25) is 0 Å². The third-order valence-electron chi connectivity index (χ3n) is 2.61. The number of benzene rings is 1. The minimum Gasteiger partial charge on any atom is -0.466 e. The molecule has 20 heavy (non-hydrogen) atoms. The number of para-hydroxylation sites is 1. The largest absolute Gasteiger partial charge is 0.466 e. The molecule has 114 valence electrons. The van der Waals surface area contributed by atoms with Crippen molar-refractivity contribution < 1.29 is 22.6 Å². The van der Waals surface area contributed by atoms with Crippen LogP contribution in [0.25, 0.3) is 0 Å². The van der Waals surface area contributed by atoms with Gasteiger partial charge in [-0.3, -0.25) is 0 Å². The number of hydrogen-bond donors (Lipinski definition) is 1. The Kier molecular flexibility index (Phi) is 6.58. The summed E-state index contributed by atoms with van der Waals surface area (Å²) < 4.78 is 45.4. The van der Waals surface area contributed by atoms with Gasteiger partial charge >= 0.3 is 6.18 Å². The first-order chi connectivity index (χ1) is 9.33. The molecule has 0 heterocycles. The lowest BCUT2D eigenvalue weighted by molar-refractivity contribution is -0.186. The molecule has 1 aromatic rings. The van der Waals surface area contributed by atoms with Gasteiger partial charge in [-0.1, -0.05) is 30.7 Å². The van der Waals surface area contributed by atoms with E-state index in [1.165, 1.54) is 0 Å². The maximum absolute atomic E-state index is 11.9. The predicted octanol–water partition coefficient (Wildman–Crippen LogP) is 3.54. The summed E-state index contributed by atoms with van der Waals surface area (Å²) in [6.45, 7) is 0.0705. The maximum Gasteiger partial charge on any atom is 0.411 e. The second-order valence-corrected chi connectivity index (χ2v) is 4.73. The first-order valence-electron chi connectivity index (χ1n) is 6.13. The molecule has 0 amide bonds. The normalized spacial score (nSPS) is 13.3. The third-order valence-corrected chi connectivity index (χ3v) is 2.90. The van der Waals surface area contributed by atoms with Gasteiger partial charge in [0.25, 0.3) is 0 Å². The second-order valence-electron chi connectivity index (χ2n) is 4.33. The fourth-order valence-electron chi connectivity index (χ4n) is 1.56. The highest BCUT2D eigenvalue weighted by atomic mass is 35.5. The molecule has 0 saturated heterocycles. The van der Waals surface area contributed by atoms with E-state index < -0.39 is 19.6 Å². The van der Waals surface area contributed by atoms with Crippen molar-refractivity contribution in [3.8, 4) is 5.75 Å². The maximum atomic E-state index is 11.9. The molecule has 3 nitrogen and oxygen atoms in total. The molecule has 1 rings (SSSR count). The molecule has 0 aliphatic rings. The number of rotatable bonds is 7. The van der Waals surface area contributed by atoms with Crippen LogP contribution in [0.1, 0.15) is 18.9 Å². The van der Waals surface area contributed by atoms with Crippen molar-refractivity contribution >= 4 is 11.6 Å². The molecule has 1 atom stereocenters. The van der Waals surface area contributed by atoms with E-state index in [1.807, 2.05) is 6.92 Å². The summed E-state index contributed by atoms with van der Waals surface area (Å²) in [5.41, 5.74) is 6.61. The molecule has 0 saturated carbocycles. The zero-order valence-electron chi connectivity index (χ0n) is 11.0. The molecule has 1 unspecified atom stereocenters. The Morgan fingerprint density at radius 1 is 1.35 bits per heavy atom. The molecule has 0 aliphatic heterocycles. The molecule has 0 fully saturated rings. The first-order valence-corrected chi connectivity index (χ1v) is 6.51. The lowest BCUT2D eigenvalue weighted by Gasteiger charge is -2.16. The van der Waals surface area contributed by atoms with Crippen LogP contribution in [0.4, 0.5) is 13.2 Å². The Balaban J connectivity index is 2.63. The molecular formula is C13H17ClF3NO2. The van der Waals surface area contributed by atoms with Gasteiger partial charge in [-0.05, 0) is 24.5 Å². The summed E-state index contributed by atoms with van der Waals surface area (Å²) in [6, 6.07) is 5.05. The molecule has 0 aromatic heterocycles. The van der Waals surface area contributed by atoms with E-state index in [9.17, 15) is 13.2 Å². The van der Waals surface area contributed by atoms with Gasteiger partial charge in [0, 0.05) is 6.04 Å². The zero-order valence-corrected chi connectivity index (χ0v) is 11.8. The summed E-state index contributed by atoms with van der Waals surface area (Å²) in [5, 5.41) is 0.321. The number of ether oxygens (including phenoxy) is 2. The van der Waals surface area contributed by atoms with E-state index >= 15 is 0 Å². The van der Waals surface area contributed by atoms with Crippen molar-refractivity contribution in [1.82, 2.24) is 0 Å². The average Bonchev–Trinajstić information content (AvgIpc) is 2.35. The van der Waals surface area contributed by atoms with Crippen LogP contribution < -0.4 is 10.5 Å². The standard InChI is InChI=1S/C13H17ClF3NO2/c1-2-10(18)6-9-4-3-5-11(14)12(9)20-8-19-7-13(15,16)17/h3-5,10H,2,6-8,18H2,1H3. The van der Waals surface area contributed by atoms with Crippen molar-refractivity contribution in [3.63, 3.8) is 0 Å². The van der Waals surface area contributed by atoms with Gasteiger partial charge in [-0.25, -0.2) is 0 Å². The predicted molar refractivity (Wildman–Crippen MR) is 70.9 cm³/mol. The Morgan fingerprint density at radius 2 is 2.05 bits per heavy atom. The molecule has 0 bridgehead atoms. The molecular weight excluding hydrogens is 295 g/mol. The quantitative estimate of drug-likeness (QED) is 0.619. The molecule has 2 N–H and O–H groups in total. The lowest BCUT2D eigenvalue weighted by atomic mass is 10.0. The summed E-state index contributed by atoms with van der Waals surface area (Å²) in [7, 11) is 0. The molecule has 7 heteroatoms. The highest BCUT2D eigenvalue weighted by molar-refractivity contribution is 6.32. The average molecular weight is 312 g/mol. The Hall–Kier alpha value is -0.980. The Morgan fingerprint density at radius 3 is 2.65 bits per heavy atom.